The van der Waals surface area contributed by atoms with Crippen molar-refractivity contribution in [2.75, 3.05) is 55.0 Å². The molecule has 1 amide bonds. The van der Waals surface area contributed by atoms with Crippen molar-refractivity contribution in [2.45, 2.75) is 57.3 Å². The molecular formula is C37H45N5O7S. The number of hydrogen-bond donors (Lipinski definition) is 2. The first-order valence-corrected chi connectivity index (χ1v) is 18.0. The summed E-state index contributed by atoms with van der Waals surface area (Å²) in [5.41, 5.74) is 2.62. The Kier molecular flexibility index (Phi) is 11.5. The number of carbonyl (C=O) groups is 1. The van der Waals surface area contributed by atoms with E-state index in [-0.39, 0.29) is 58.4 Å². The van der Waals surface area contributed by atoms with Gasteiger partial charge in [0.05, 0.1) is 38.2 Å². The zero-order valence-electron chi connectivity index (χ0n) is 29.4. The first kappa shape index (κ1) is 36.4. The van der Waals surface area contributed by atoms with Crippen LogP contribution in [0, 0.1) is 0 Å². The number of ether oxygens (including phenoxy) is 4. The molecule has 0 saturated carbocycles. The smallest absolute Gasteiger partial charge is 0.265 e. The van der Waals surface area contributed by atoms with E-state index in [1.807, 2.05) is 29.2 Å². The number of morpholine rings is 1. The van der Waals surface area contributed by atoms with E-state index in [9.17, 15) is 13.2 Å². The fourth-order valence-electron chi connectivity index (χ4n) is 5.16. The molecule has 0 aliphatic carbocycles. The van der Waals surface area contributed by atoms with Gasteiger partial charge in [0, 0.05) is 18.8 Å². The summed E-state index contributed by atoms with van der Waals surface area (Å²) in [4.78, 5) is 24.2. The zero-order valence-corrected chi connectivity index (χ0v) is 30.2. The number of para-hydroxylation sites is 2. The average molecular weight is 704 g/mol. The van der Waals surface area contributed by atoms with Crippen LogP contribution in [0.1, 0.15) is 58.1 Å². The Bertz CT molecular complexity index is 1890. The van der Waals surface area contributed by atoms with E-state index in [0.29, 0.717) is 43.7 Å². The molecule has 2 N–H and O–H groups in total. The molecule has 1 aromatic heterocycles. The lowest BCUT2D eigenvalue weighted by Crippen LogP contribution is -2.37. The Morgan fingerprint density at radius 1 is 0.960 bits per heavy atom. The second kappa shape index (κ2) is 15.8. The van der Waals surface area contributed by atoms with Gasteiger partial charge in [-0.25, -0.2) is 8.42 Å². The van der Waals surface area contributed by atoms with Gasteiger partial charge in [-0.05, 0) is 58.9 Å². The number of aromatic nitrogens is 2. The molecule has 0 bridgehead atoms. The highest BCUT2D eigenvalue weighted by molar-refractivity contribution is 7.92. The second-order valence-electron chi connectivity index (χ2n) is 13.2. The Balaban J connectivity index is 1.50. The monoisotopic (exact) mass is 703 g/mol. The number of nitrogens with zero attached hydrogens (tertiary/aromatic N) is 3. The molecule has 4 aromatic rings. The van der Waals surface area contributed by atoms with Crippen LogP contribution in [0.5, 0.6) is 23.1 Å². The van der Waals surface area contributed by atoms with Crippen molar-refractivity contribution in [3.8, 4) is 23.1 Å². The van der Waals surface area contributed by atoms with E-state index in [1.165, 1.54) is 7.11 Å². The molecule has 5 rings (SSSR count). The standard InChI is InChI=1S/C37H45N5O7S/c1-25(2)26-10-9-11-28(24-26)38-32(43)18-21-48-35-33(49-31-13-8-7-12-30(31)46-6)34(39-36(40-35)42-19-22-47-23-20-42)41-50(44,45)29-16-14-27(15-17-29)37(3,4)5/h7-17,24-25H,18-23H2,1-6H3,(H,38,43)(H,39,40,41). The largest absolute Gasteiger partial charge is 0.493 e. The summed E-state index contributed by atoms with van der Waals surface area (Å²) in [6, 6.07) is 21.3. The molecule has 50 heavy (non-hydrogen) atoms. The Morgan fingerprint density at radius 3 is 2.32 bits per heavy atom. The van der Waals surface area contributed by atoms with Crippen LogP contribution in [0.3, 0.4) is 0 Å². The lowest BCUT2D eigenvalue weighted by Gasteiger charge is -2.28. The molecule has 1 saturated heterocycles. The highest BCUT2D eigenvalue weighted by Gasteiger charge is 2.28. The topological polar surface area (TPSA) is 141 Å². The first-order chi connectivity index (χ1) is 23.8. The minimum absolute atomic E-state index is 0.0158. The predicted octanol–water partition coefficient (Wildman–Crippen LogP) is 6.74. The van der Waals surface area contributed by atoms with E-state index >= 15 is 0 Å². The second-order valence-corrected chi connectivity index (χ2v) is 14.8. The molecule has 0 atom stereocenters. The van der Waals surface area contributed by atoms with Gasteiger partial charge in [0.15, 0.2) is 17.3 Å². The first-order valence-electron chi connectivity index (χ1n) is 16.6. The van der Waals surface area contributed by atoms with Gasteiger partial charge in [0.25, 0.3) is 15.9 Å². The molecule has 266 valence electrons. The van der Waals surface area contributed by atoms with Crippen LogP contribution in [-0.4, -0.2) is 64.3 Å². The molecule has 1 aliphatic rings. The van der Waals surface area contributed by atoms with Crippen molar-refractivity contribution in [3.05, 3.63) is 83.9 Å². The van der Waals surface area contributed by atoms with Crippen LogP contribution in [0.4, 0.5) is 17.5 Å². The molecule has 12 nitrogen and oxygen atoms in total. The van der Waals surface area contributed by atoms with E-state index in [0.717, 1.165) is 11.1 Å². The van der Waals surface area contributed by atoms with Crippen LogP contribution in [-0.2, 0) is 25.0 Å². The van der Waals surface area contributed by atoms with Crippen molar-refractivity contribution < 1.29 is 32.2 Å². The van der Waals surface area contributed by atoms with Crippen molar-refractivity contribution in [1.82, 2.24) is 9.97 Å². The van der Waals surface area contributed by atoms with Gasteiger partial charge in [-0.1, -0.05) is 71.0 Å². The molecule has 13 heteroatoms. The molecule has 2 heterocycles. The number of sulfonamides is 1. The van der Waals surface area contributed by atoms with Gasteiger partial charge in [0.1, 0.15) is 0 Å². The lowest BCUT2D eigenvalue weighted by atomic mass is 9.87. The third-order valence-corrected chi connectivity index (χ3v) is 9.42. The molecule has 0 spiro atoms. The number of benzene rings is 3. The van der Waals surface area contributed by atoms with Crippen LogP contribution >= 0.6 is 0 Å². The predicted molar refractivity (Wildman–Crippen MR) is 193 cm³/mol. The fraction of sp³-hybridized carbons (Fsp3) is 0.378. The quantitative estimate of drug-likeness (QED) is 0.154. The third-order valence-electron chi connectivity index (χ3n) is 8.06. The van der Waals surface area contributed by atoms with Crippen molar-refractivity contribution in [3.63, 3.8) is 0 Å². The van der Waals surface area contributed by atoms with Gasteiger partial charge in [-0.2, -0.15) is 9.97 Å². The zero-order chi connectivity index (χ0) is 35.9. The van der Waals surface area contributed by atoms with Crippen molar-refractivity contribution in [2.24, 2.45) is 0 Å². The Morgan fingerprint density at radius 2 is 1.66 bits per heavy atom. The van der Waals surface area contributed by atoms with Crippen LogP contribution in [0.25, 0.3) is 0 Å². The third kappa shape index (κ3) is 9.21. The molecule has 0 radical (unpaired) electrons. The number of methoxy groups -OCH3 is 1. The van der Waals surface area contributed by atoms with E-state index in [4.69, 9.17) is 18.9 Å². The molecular weight excluding hydrogens is 659 g/mol. The van der Waals surface area contributed by atoms with Gasteiger partial charge in [-0.3, -0.25) is 9.52 Å². The molecule has 0 unspecified atom stereocenters. The SMILES string of the molecule is COc1ccccc1Oc1c(NS(=O)(=O)c2ccc(C(C)(C)C)cc2)nc(N2CCOCC2)nc1OCCC(=O)Nc1cccc(C(C)C)c1. The van der Waals surface area contributed by atoms with Crippen molar-refractivity contribution in [1.29, 1.82) is 0 Å². The van der Waals surface area contributed by atoms with Crippen LogP contribution in [0.15, 0.2) is 77.7 Å². The van der Waals surface area contributed by atoms with Gasteiger partial charge in [-0.15, -0.1) is 0 Å². The van der Waals surface area contributed by atoms with Crippen LogP contribution < -0.4 is 29.1 Å². The normalized spacial score (nSPS) is 13.5. The highest BCUT2D eigenvalue weighted by Crippen LogP contribution is 2.42. The van der Waals surface area contributed by atoms with E-state index in [1.54, 1.807) is 48.5 Å². The van der Waals surface area contributed by atoms with E-state index < -0.39 is 10.0 Å². The highest BCUT2D eigenvalue weighted by atomic mass is 32.2. The number of hydrogen-bond acceptors (Lipinski definition) is 10. The number of amides is 1. The summed E-state index contributed by atoms with van der Waals surface area (Å²) >= 11 is 0. The molecule has 1 fully saturated rings. The minimum Gasteiger partial charge on any atom is -0.493 e. The average Bonchev–Trinajstić information content (AvgIpc) is 3.09. The summed E-state index contributed by atoms with van der Waals surface area (Å²) in [5.74, 6) is 0.647. The molecule has 1 aliphatic heterocycles. The summed E-state index contributed by atoms with van der Waals surface area (Å²) < 4.78 is 53.8. The van der Waals surface area contributed by atoms with E-state index in [2.05, 4.69) is 54.6 Å². The fourth-order valence-corrected chi connectivity index (χ4v) is 6.16. The van der Waals surface area contributed by atoms with Crippen LogP contribution in [0.2, 0.25) is 0 Å². The number of nitrogens with one attached hydrogen (secondary N) is 2. The van der Waals surface area contributed by atoms with Gasteiger partial charge >= 0.3 is 0 Å². The number of carbonyl (C=O) groups excluding carboxylic acids is 1. The molecule has 3 aromatic carbocycles. The summed E-state index contributed by atoms with van der Waals surface area (Å²) in [7, 11) is -2.67. The minimum atomic E-state index is -4.16. The number of anilines is 3. The lowest BCUT2D eigenvalue weighted by molar-refractivity contribution is -0.116. The summed E-state index contributed by atoms with van der Waals surface area (Å²) in [5, 5.41) is 2.92. The number of rotatable bonds is 13. The van der Waals surface area contributed by atoms with Gasteiger partial charge in [0.2, 0.25) is 17.6 Å². The summed E-state index contributed by atoms with van der Waals surface area (Å²) in [6.07, 6.45) is -0.0158. The maximum absolute atomic E-state index is 13.9. The maximum atomic E-state index is 13.9. The summed E-state index contributed by atoms with van der Waals surface area (Å²) in [6.45, 7) is 12.1. The maximum Gasteiger partial charge on any atom is 0.265 e. The van der Waals surface area contributed by atoms with Crippen molar-refractivity contribution >= 4 is 33.4 Å². The Labute approximate surface area is 294 Å². The van der Waals surface area contributed by atoms with Gasteiger partial charge < -0.3 is 29.2 Å². The Hall–Kier alpha value is -4.88.